The van der Waals surface area contributed by atoms with E-state index in [9.17, 15) is 5.11 Å². The predicted octanol–water partition coefficient (Wildman–Crippen LogP) is 1.36. The largest absolute Gasteiger partial charge is 0.479 e. The molecule has 0 aromatic carbocycles. The van der Waals surface area contributed by atoms with Gasteiger partial charge in [-0.05, 0) is 6.42 Å². The molecular formula is C14H23N5O3. The number of ether oxygens (including phenoxy) is 2. The first kappa shape index (κ1) is 16.4. The molecule has 0 saturated carbocycles. The summed E-state index contributed by atoms with van der Waals surface area (Å²) in [7, 11) is 1.51. The molecule has 0 spiro atoms. The van der Waals surface area contributed by atoms with Gasteiger partial charge in [0.05, 0.1) is 26.1 Å². The van der Waals surface area contributed by atoms with Crippen molar-refractivity contribution in [2.45, 2.75) is 39.5 Å². The van der Waals surface area contributed by atoms with E-state index in [0.29, 0.717) is 17.0 Å². The molecule has 1 aliphatic rings. The number of nitrogens with two attached hydrogens (primary N) is 1. The lowest BCUT2D eigenvalue weighted by Gasteiger charge is -2.17. The standard InChI is InChI=1S/C12H17N5O3.C2H6/c1-6-3-7(4-18)20-11(6)17-5-14-8-9(17)15-12(13)16-10(8)19-2;1-2/h5-7,11,18H,3-4H2,1-2H3,(H2,13,15,16);1-2H3. The zero-order valence-corrected chi connectivity index (χ0v) is 13.4. The third-order valence-corrected chi connectivity index (χ3v) is 3.53. The van der Waals surface area contributed by atoms with Crippen molar-refractivity contribution >= 4 is 17.1 Å². The smallest absolute Gasteiger partial charge is 0.246 e. The lowest BCUT2D eigenvalue weighted by atomic mass is 10.1. The maximum Gasteiger partial charge on any atom is 0.246 e. The fourth-order valence-corrected chi connectivity index (χ4v) is 2.61. The van der Waals surface area contributed by atoms with Crippen molar-refractivity contribution in [3.8, 4) is 5.88 Å². The Hall–Kier alpha value is -1.93. The summed E-state index contributed by atoms with van der Waals surface area (Å²) in [5, 5.41) is 9.22. The second-order valence-corrected chi connectivity index (χ2v) is 4.96. The summed E-state index contributed by atoms with van der Waals surface area (Å²) in [5.41, 5.74) is 6.81. The SMILES string of the molecule is CC.COc1nc(N)nc2c1ncn2C1OC(CO)CC1C. The fourth-order valence-electron chi connectivity index (χ4n) is 2.61. The molecule has 22 heavy (non-hydrogen) atoms. The molecule has 0 amide bonds. The van der Waals surface area contributed by atoms with Crippen molar-refractivity contribution in [3.05, 3.63) is 6.33 Å². The van der Waals surface area contributed by atoms with Crippen LogP contribution in [0.15, 0.2) is 6.33 Å². The molecule has 3 heterocycles. The van der Waals surface area contributed by atoms with Gasteiger partial charge in [0.25, 0.3) is 0 Å². The highest BCUT2D eigenvalue weighted by Gasteiger charge is 2.34. The molecule has 2 aromatic heterocycles. The molecule has 3 unspecified atom stereocenters. The number of methoxy groups -OCH3 is 1. The van der Waals surface area contributed by atoms with Crippen LogP contribution >= 0.6 is 0 Å². The molecule has 3 rings (SSSR count). The van der Waals surface area contributed by atoms with E-state index in [-0.39, 0.29) is 30.8 Å². The second kappa shape index (κ2) is 6.89. The van der Waals surface area contributed by atoms with Crippen LogP contribution in [0.1, 0.15) is 33.4 Å². The Kier molecular flexibility index (Phi) is 5.15. The molecule has 1 fully saturated rings. The van der Waals surface area contributed by atoms with E-state index in [1.54, 1.807) is 6.33 Å². The number of imidazole rings is 1. The minimum Gasteiger partial charge on any atom is -0.479 e. The van der Waals surface area contributed by atoms with Gasteiger partial charge in [-0.2, -0.15) is 9.97 Å². The molecule has 8 heteroatoms. The van der Waals surface area contributed by atoms with Crippen LogP contribution in [-0.2, 0) is 4.74 Å². The number of hydrogen-bond acceptors (Lipinski definition) is 7. The summed E-state index contributed by atoms with van der Waals surface area (Å²) >= 11 is 0. The maximum absolute atomic E-state index is 9.22. The van der Waals surface area contributed by atoms with Gasteiger partial charge in [-0.3, -0.25) is 4.57 Å². The summed E-state index contributed by atoms with van der Waals surface area (Å²) in [4.78, 5) is 12.5. The average Bonchev–Trinajstić information content (AvgIpc) is 3.11. The molecule has 1 saturated heterocycles. The van der Waals surface area contributed by atoms with Crippen LogP contribution in [-0.4, -0.2) is 44.4 Å². The van der Waals surface area contributed by atoms with Gasteiger partial charge >= 0.3 is 0 Å². The zero-order chi connectivity index (χ0) is 16.3. The number of aromatic nitrogens is 4. The first-order valence-electron chi connectivity index (χ1n) is 7.44. The number of anilines is 1. The normalized spacial score (nSPS) is 24.1. The Bertz CT molecular complexity index is 630. The molecule has 0 radical (unpaired) electrons. The van der Waals surface area contributed by atoms with E-state index in [2.05, 4.69) is 21.9 Å². The van der Waals surface area contributed by atoms with Crippen LogP contribution in [0.2, 0.25) is 0 Å². The molecular weight excluding hydrogens is 286 g/mol. The van der Waals surface area contributed by atoms with Gasteiger partial charge in [-0.15, -0.1) is 0 Å². The predicted molar refractivity (Wildman–Crippen MR) is 82.4 cm³/mol. The summed E-state index contributed by atoms with van der Waals surface area (Å²) in [6, 6.07) is 0. The van der Waals surface area contributed by atoms with Crippen molar-refractivity contribution in [1.29, 1.82) is 0 Å². The molecule has 1 aliphatic heterocycles. The number of aliphatic hydroxyl groups excluding tert-OH is 1. The number of hydrogen-bond donors (Lipinski definition) is 2. The monoisotopic (exact) mass is 309 g/mol. The van der Waals surface area contributed by atoms with Crippen molar-refractivity contribution in [1.82, 2.24) is 19.5 Å². The first-order valence-corrected chi connectivity index (χ1v) is 7.44. The minimum atomic E-state index is -0.226. The van der Waals surface area contributed by atoms with Crippen molar-refractivity contribution < 1.29 is 14.6 Å². The Balaban J connectivity index is 0.000000847. The van der Waals surface area contributed by atoms with Gasteiger partial charge in [0, 0.05) is 5.92 Å². The van der Waals surface area contributed by atoms with Gasteiger partial charge in [-0.25, -0.2) is 4.98 Å². The molecule has 3 N–H and O–H groups in total. The van der Waals surface area contributed by atoms with Crippen LogP contribution in [0.3, 0.4) is 0 Å². The van der Waals surface area contributed by atoms with Crippen LogP contribution in [0.5, 0.6) is 5.88 Å². The van der Waals surface area contributed by atoms with Gasteiger partial charge in [0.2, 0.25) is 11.8 Å². The summed E-state index contributed by atoms with van der Waals surface area (Å²) < 4.78 is 12.8. The Morgan fingerprint density at radius 1 is 1.45 bits per heavy atom. The van der Waals surface area contributed by atoms with Crippen molar-refractivity contribution in [3.63, 3.8) is 0 Å². The highest BCUT2D eigenvalue weighted by Crippen LogP contribution is 2.36. The van der Waals surface area contributed by atoms with Crippen LogP contribution in [0.4, 0.5) is 5.95 Å². The van der Waals surface area contributed by atoms with Crippen LogP contribution < -0.4 is 10.5 Å². The minimum absolute atomic E-state index is 0.00785. The molecule has 122 valence electrons. The van der Waals surface area contributed by atoms with Crippen molar-refractivity contribution in [2.75, 3.05) is 19.5 Å². The highest BCUT2D eigenvalue weighted by atomic mass is 16.5. The number of nitrogen functional groups attached to an aromatic ring is 1. The maximum atomic E-state index is 9.22. The van der Waals surface area contributed by atoms with Crippen molar-refractivity contribution in [2.24, 2.45) is 5.92 Å². The molecule has 0 bridgehead atoms. The quantitative estimate of drug-likeness (QED) is 0.881. The summed E-state index contributed by atoms with van der Waals surface area (Å²) in [6.07, 6.45) is 2.05. The number of fused-ring (bicyclic) bond motifs is 1. The van der Waals surface area contributed by atoms with Gasteiger partial charge in [0.1, 0.15) is 6.23 Å². The number of aliphatic hydroxyl groups is 1. The summed E-state index contributed by atoms with van der Waals surface area (Å²) in [6.45, 7) is 6.07. The summed E-state index contributed by atoms with van der Waals surface area (Å²) in [5.74, 6) is 0.711. The van der Waals surface area contributed by atoms with Crippen LogP contribution in [0.25, 0.3) is 11.2 Å². The topological polar surface area (TPSA) is 108 Å². The fraction of sp³-hybridized carbons (Fsp3) is 0.643. The van der Waals surface area contributed by atoms with E-state index >= 15 is 0 Å². The average molecular weight is 309 g/mol. The third-order valence-electron chi connectivity index (χ3n) is 3.53. The Morgan fingerprint density at radius 3 is 2.77 bits per heavy atom. The lowest BCUT2D eigenvalue weighted by Crippen LogP contribution is -2.15. The molecule has 2 aromatic rings. The van der Waals surface area contributed by atoms with Crippen LogP contribution in [0, 0.1) is 5.92 Å². The zero-order valence-electron chi connectivity index (χ0n) is 13.4. The van der Waals surface area contributed by atoms with E-state index in [1.807, 2.05) is 18.4 Å². The van der Waals surface area contributed by atoms with Gasteiger partial charge in [-0.1, -0.05) is 20.8 Å². The van der Waals surface area contributed by atoms with E-state index in [4.69, 9.17) is 15.2 Å². The lowest BCUT2D eigenvalue weighted by molar-refractivity contribution is -0.0294. The molecule has 0 aliphatic carbocycles. The third kappa shape index (κ3) is 2.84. The second-order valence-electron chi connectivity index (χ2n) is 4.96. The van der Waals surface area contributed by atoms with E-state index < -0.39 is 0 Å². The Morgan fingerprint density at radius 2 is 2.18 bits per heavy atom. The number of rotatable bonds is 3. The first-order chi connectivity index (χ1) is 10.6. The van der Waals surface area contributed by atoms with Gasteiger partial charge < -0.3 is 20.3 Å². The van der Waals surface area contributed by atoms with Gasteiger partial charge in [0.15, 0.2) is 11.2 Å². The molecule has 8 nitrogen and oxygen atoms in total. The van der Waals surface area contributed by atoms with E-state index in [1.165, 1.54) is 7.11 Å². The van der Waals surface area contributed by atoms with E-state index in [0.717, 1.165) is 6.42 Å². The Labute approximate surface area is 129 Å². The molecule has 3 atom stereocenters. The highest BCUT2D eigenvalue weighted by molar-refractivity contribution is 5.77. The number of nitrogens with zero attached hydrogens (tertiary/aromatic N) is 4.